The van der Waals surface area contributed by atoms with Crippen LogP contribution in [0.5, 0.6) is 0 Å². The van der Waals surface area contributed by atoms with Gasteiger partial charge in [-0.2, -0.15) is 5.10 Å². The van der Waals surface area contributed by atoms with E-state index in [2.05, 4.69) is 26.3 Å². The quantitative estimate of drug-likeness (QED) is 0.621. The molecule has 122 valence electrons. The van der Waals surface area contributed by atoms with Crippen LogP contribution in [-0.4, -0.2) is 15.7 Å². The molecule has 0 fully saturated rings. The molecule has 0 spiro atoms. The lowest BCUT2D eigenvalue weighted by Gasteiger charge is -2.09. The normalized spacial score (nSPS) is 10.6. The van der Waals surface area contributed by atoms with Crippen molar-refractivity contribution in [2.75, 3.05) is 5.32 Å². The van der Waals surface area contributed by atoms with Gasteiger partial charge in [0.1, 0.15) is 0 Å². The zero-order valence-corrected chi connectivity index (χ0v) is 15.4. The topological polar surface area (TPSA) is 46.9 Å². The molecule has 0 aliphatic heterocycles. The van der Waals surface area contributed by atoms with Gasteiger partial charge in [0.15, 0.2) is 0 Å². The van der Waals surface area contributed by atoms with E-state index in [0.717, 1.165) is 10.0 Å². The third kappa shape index (κ3) is 3.98. The van der Waals surface area contributed by atoms with Crippen LogP contribution < -0.4 is 5.32 Å². The predicted octanol–water partition coefficient (Wildman–Crippen LogP) is 5.25. The van der Waals surface area contributed by atoms with Crippen LogP contribution in [0.25, 0.3) is 0 Å². The molecule has 0 aliphatic rings. The lowest BCUT2D eigenvalue weighted by Crippen LogP contribution is -2.12. The van der Waals surface area contributed by atoms with Crippen LogP contribution in [0.4, 0.5) is 5.69 Å². The van der Waals surface area contributed by atoms with E-state index >= 15 is 0 Å². The highest BCUT2D eigenvalue weighted by molar-refractivity contribution is 9.10. The summed E-state index contributed by atoms with van der Waals surface area (Å²) in [4.78, 5) is 12.3. The zero-order valence-electron chi connectivity index (χ0n) is 12.3. The number of rotatable bonds is 4. The highest BCUT2D eigenvalue weighted by Crippen LogP contribution is 2.29. The molecule has 1 aromatic heterocycles. The first-order valence-corrected chi connectivity index (χ1v) is 8.60. The number of nitrogens with one attached hydrogen (secondary N) is 1. The maximum absolute atomic E-state index is 12.3. The van der Waals surface area contributed by atoms with Gasteiger partial charge >= 0.3 is 0 Å². The number of benzene rings is 2. The van der Waals surface area contributed by atoms with E-state index in [0.29, 0.717) is 27.8 Å². The number of amides is 1. The molecule has 0 aliphatic carbocycles. The van der Waals surface area contributed by atoms with Crippen LogP contribution in [0.3, 0.4) is 0 Å². The highest BCUT2D eigenvalue weighted by Gasteiger charge is 2.10. The number of hydrogen-bond donors (Lipinski definition) is 1. The second kappa shape index (κ2) is 7.38. The number of carbonyl (C=O) groups is 1. The van der Waals surface area contributed by atoms with Crippen molar-refractivity contribution in [3.8, 4) is 0 Å². The summed E-state index contributed by atoms with van der Waals surface area (Å²) in [5, 5.41) is 7.69. The Kier molecular flexibility index (Phi) is 5.23. The molecule has 0 unspecified atom stereocenters. The largest absolute Gasteiger partial charge is 0.321 e. The average Bonchev–Trinajstić information content (AvgIpc) is 2.97. The van der Waals surface area contributed by atoms with Crippen LogP contribution in [0, 0.1) is 0 Å². The second-order valence-corrected chi connectivity index (χ2v) is 6.81. The Morgan fingerprint density at radius 3 is 2.58 bits per heavy atom. The standard InChI is InChI=1S/C17H12BrCl2N3O/c18-13-8-21-23(10-13)9-11-4-6-12(7-5-11)17(24)22-15-3-1-2-14(19)16(15)20/h1-8,10H,9H2,(H,22,24). The minimum atomic E-state index is -0.243. The molecule has 3 rings (SSSR count). The van der Waals surface area contributed by atoms with Crippen molar-refractivity contribution < 1.29 is 4.79 Å². The lowest BCUT2D eigenvalue weighted by atomic mass is 10.1. The smallest absolute Gasteiger partial charge is 0.255 e. The monoisotopic (exact) mass is 423 g/mol. The van der Waals surface area contributed by atoms with Crippen LogP contribution in [0.2, 0.25) is 10.0 Å². The van der Waals surface area contributed by atoms with Gasteiger partial charge in [-0.3, -0.25) is 9.48 Å². The van der Waals surface area contributed by atoms with E-state index in [1.807, 2.05) is 23.0 Å². The highest BCUT2D eigenvalue weighted by atomic mass is 79.9. The number of halogens is 3. The molecule has 1 heterocycles. The van der Waals surface area contributed by atoms with E-state index < -0.39 is 0 Å². The molecule has 0 radical (unpaired) electrons. The predicted molar refractivity (Wildman–Crippen MR) is 99.9 cm³/mol. The Bertz CT molecular complexity index is 878. The van der Waals surface area contributed by atoms with E-state index in [9.17, 15) is 4.79 Å². The van der Waals surface area contributed by atoms with Crippen LogP contribution in [0.1, 0.15) is 15.9 Å². The maximum Gasteiger partial charge on any atom is 0.255 e. The van der Waals surface area contributed by atoms with Crippen molar-refractivity contribution in [1.29, 1.82) is 0 Å². The lowest BCUT2D eigenvalue weighted by molar-refractivity contribution is 0.102. The fourth-order valence-corrected chi connectivity index (χ4v) is 2.84. The SMILES string of the molecule is O=C(Nc1cccc(Cl)c1Cl)c1ccc(Cn2cc(Br)cn2)cc1. The molecule has 0 atom stereocenters. The Hall–Kier alpha value is -1.82. The summed E-state index contributed by atoms with van der Waals surface area (Å²) in [6, 6.07) is 12.4. The molecule has 1 amide bonds. The molecule has 1 N–H and O–H groups in total. The molecule has 4 nitrogen and oxygen atoms in total. The maximum atomic E-state index is 12.3. The number of nitrogens with zero attached hydrogens (tertiary/aromatic N) is 2. The molecular weight excluding hydrogens is 413 g/mol. The molecule has 7 heteroatoms. The average molecular weight is 425 g/mol. The minimum Gasteiger partial charge on any atom is -0.321 e. The van der Waals surface area contributed by atoms with Gasteiger partial charge in [0.2, 0.25) is 0 Å². The Balaban J connectivity index is 1.70. The number of aromatic nitrogens is 2. The fraction of sp³-hybridized carbons (Fsp3) is 0.0588. The van der Waals surface area contributed by atoms with E-state index in [4.69, 9.17) is 23.2 Å². The van der Waals surface area contributed by atoms with Gasteiger partial charge in [-0.15, -0.1) is 0 Å². The molecule has 3 aromatic rings. The summed E-state index contributed by atoms with van der Waals surface area (Å²) < 4.78 is 2.74. The molecule has 0 saturated heterocycles. The van der Waals surface area contributed by atoms with Gasteiger partial charge in [-0.05, 0) is 45.8 Å². The fourth-order valence-electron chi connectivity index (χ4n) is 2.17. The molecule has 24 heavy (non-hydrogen) atoms. The summed E-state index contributed by atoms with van der Waals surface area (Å²) in [7, 11) is 0. The van der Waals surface area contributed by atoms with Gasteiger partial charge in [-0.25, -0.2) is 0 Å². The van der Waals surface area contributed by atoms with Gasteiger partial charge in [0.05, 0.1) is 32.9 Å². The first kappa shape index (κ1) is 17.0. The van der Waals surface area contributed by atoms with Crippen molar-refractivity contribution in [1.82, 2.24) is 9.78 Å². The third-order valence-corrected chi connectivity index (χ3v) is 4.59. The summed E-state index contributed by atoms with van der Waals surface area (Å²) >= 11 is 15.4. The first-order valence-electron chi connectivity index (χ1n) is 7.05. The molecular formula is C17H12BrCl2N3O. The molecule has 0 bridgehead atoms. The third-order valence-electron chi connectivity index (χ3n) is 3.36. The molecule has 2 aromatic carbocycles. The van der Waals surface area contributed by atoms with Gasteiger partial charge in [-0.1, -0.05) is 41.4 Å². The number of anilines is 1. The summed E-state index contributed by atoms with van der Waals surface area (Å²) in [6.45, 7) is 0.633. The van der Waals surface area contributed by atoms with Crippen molar-refractivity contribution in [3.63, 3.8) is 0 Å². The second-order valence-electron chi connectivity index (χ2n) is 5.11. The number of carbonyl (C=O) groups excluding carboxylic acids is 1. The minimum absolute atomic E-state index is 0.243. The van der Waals surface area contributed by atoms with Crippen molar-refractivity contribution in [3.05, 3.63) is 80.5 Å². The van der Waals surface area contributed by atoms with E-state index in [1.54, 1.807) is 36.5 Å². The van der Waals surface area contributed by atoms with Crippen LogP contribution in [0.15, 0.2) is 59.3 Å². The summed E-state index contributed by atoms with van der Waals surface area (Å²) in [5.41, 5.74) is 2.07. The zero-order chi connectivity index (χ0) is 17.1. The van der Waals surface area contributed by atoms with Crippen LogP contribution in [-0.2, 0) is 6.54 Å². The first-order chi connectivity index (χ1) is 11.5. The van der Waals surface area contributed by atoms with E-state index in [1.165, 1.54) is 0 Å². The summed E-state index contributed by atoms with van der Waals surface area (Å²) in [5.74, 6) is -0.243. The van der Waals surface area contributed by atoms with Crippen molar-refractivity contribution >= 4 is 50.7 Å². The van der Waals surface area contributed by atoms with Crippen molar-refractivity contribution in [2.24, 2.45) is 0 Å². The summed E-state index contributed by atoms with van der Waals surface area (Å²) in [6.07, 6.45) is 3.62. The van der Waals surface area contributed by atoms with E-state index in [-0.39, 0.29) is 5.91 Å². The van der Waals surface area contributed by atoms with Crippen LogP contribution >= 0.6 is 39.1 Å². The van der Waals surface area contributed by atoms with Gasteiger partial charge in [0, 0.05) is 11.8 Å². The van der Waals surface area contributed by atoms with Gasteiger partial charge < -0.3 is 5.32 Å². The Morgan fingerprint density at radius 1 is 1.17 bits per heavy atom. The Morgan fingerprint density at radius 2 is 1.92 bits per heavy atom. The van der Waals surface area contributed by atoms with Gasteiger partial charge in [0.25, 0.3) is 5.91 Å². The number of hydrogen-bond acceptors (Lipinski definition) is 2. The van der Waals surface area contributed by atoms with Crippen molar-refractivity contribution in [2.45, 2.75) is 6.54 Å². The Labute approximate surface area is 157 Å². The molecule has 0 saturated carbocycles.